The maximum Gasteiger partial charge on any atom is 0.256 e. The molecule has 6 nitrogen and oxygen atoms in total. The summed E-state index contributed by atoms with van der Waals surface area (Å²) in [6, 6.07) is 20.9. The molecule has 3 aromatic heterocycles. The Morgan fingerprint density at radius 2 is 1.85 bits per heavy atom. The first-order chi connectivity index (χ1) is 16.6. The molecule has 3 heterocycles. The van der Waals surface area contributed by atoms with Gasteiger partial charge in [0.15, 0.2) is 0 Å². The molecule has 0 aliphatic rings. The molecule has 5 rings (SSSR count). The normalized spacial score (nSPS) is 11.0. The van der Waals surface area contributed by atoms with Crippen LogP contribution in [0.2, 0.25) is 5.15 Å². The van der Waals surface area contributed by atoms with Gasteiger partial charge in [-0.3, -0.25) is 19.4 Å². The molecule has 2 aromatic carbocycles. The van der Waals surface area contributed by atoms with Crippen LogP contribution in [0, 0.1) is 0 Å². The summed E-state index contributed by atoms with van der Waals surface area (Å²) in [7, 11) is 1.82. The number of pyridine rings is 2. The van der Waals surface area contributed by atoms with Gasteiger partial charge in [0.1, 0.15) is 5.15 Å². The molecule has 1 N–H and O–H groups in total. The monoisotopic (exact) mass is 485 g/mol. The number of hydrogen-bond donors (Lipinski definition) is 1. The van der Waals surface area contributed by atoms with Gasteiger partial charge in [0.25, 0.3) is 5.91 Å². The maximum atomic E-state index is 13.2. The van der Waals surface area contributed by atoms with Crippen LogP contribution in [0.15, 0.2) is 90.2 Å². The Bertz CT molecular complexity index is 1490. The molecule has 0 spiro atoms. The summed E-state index contributed by atoms with van der Waals surface area (Å²) < 4.78 is 1.67. The van der Waals surface area contributed by atoms with Crippen molar-refractivity contribution in [3.05, 3.63) is 102 Å². The highest BCUT2D eigenvalue weighted by molar-refractivity contribution is 7.98. The van der Waals surface area contributed by atoms with Gasteiger partial charge in [0, 0.05) is 58.5 Å². The lowest BCUT2D eigenvalue weighted by atomic mass is 10.1. The second kappa shape index (κ2) is 9.67. The zero-order valence-corrected chi connectivity index (χ0v) is 19.8. The molecule has 0 fully saturated rings. The molecule has 5 aromatic rings. The first kappa shape index (κ1) is 22.1. The highest BCUT2D eigenvalue weighted by Crippen LogP contribution is 2.35. The number of anilines is 1. The van der Waals surface area contributed by atoms with Crippen molar-refractivity contribution < 1.29 is 4.79 Å². The molecule has 0 saturated heterocycles. The zero-order chi connectivity index (χ0) is 23.5. The predicted octanol–water partition coefficient (Wildman–Crippen LogP) is 6.23. The molecular weight excluding hydrogens is 466 g/mol. The number of amides is 1. The SMILES string of the molecule is Cn1nc(-c2ccncc2)c(CSc2ccccc2C(=O)Nc2ccc3ncccc3c2)c1Cl. The Labute approximate surface area is 206 Å². The molecule has 0 aliphatic carbocycles. The maximum absolute atomic E-state index is 13.2. The average Bonchev–Trinajstić information content (AvgIpc) is 3.16. The fourth-order valence-electron chi connectivity index (χ4n) is 3.70. The number of carbonyl (C=O) groups excluding carboxylic acids is 1. The van der Waals surface area contributed by atoms with Crippen molar-refractivity contribution in [2.24, 2.45) is 7.05 Å². The van der Waals surface area contributed by atoms with Gasteiger partial charge >= 0.3 is 0 Å². The minimum absolute atomic E-state index is 0.169. The number of carbonyl (C=O) groups is 1. The van der Waals surface area contributed by atoms with Gasteiger partial charge in [-0.05, 0) is 48.5 Å². The van der Waals surface area contributed by atoms with Crippen molar-refractivity contribution >= 4 is 45.9 Å². The van der Waals surface area contributed by atoms with Crippen LogP contribution < -0.4 is 5.32 Å². The van der Waals surface area contributed by atoms with E-state index in [4.69, 9.17) is 11.6 Å². The van der Waals surface area contributed by atoms with Crippen molar-refractivity contribution in [3.8, 4) is 11.3 Å². The third-order valence-corrected chi connectivity index (χ3v) is 6.96. The Morgan fingerprint density at radius 1 is 1.03 bits per heavy atom. The highest BCUT2D eigenvalue weighted by atomic mass is 35.5. The third-order valence-electron chi connectivity index (χ3n) is 5.39. The summed E-state index contributed by atoms with van der Waals surface area (Å²) in [6.07, 6.45) is 5.22. The Morgan fingerprint density at radius 3 is 2.71 bits per heavy atom. The van der Waals surface area contributed by atoms with Crippen LogP contribution in [0.1, 0.15) is 15.9 Å². The van der Waals surface area contributed by atoms with E-state index in [0.29, 0.717) is 16.5 Å². The topological polar surface area (TPSA) is 72.7 Å². The second-order valence-corrected chi connectivity index (χ2v) is 9.00. The molecule has 8 heteroatoms. The molecule has 0 aliphatic heterocycles. The summed E-state index contributed by atoms with van der Waals surface area (Å²) >= 11 is 8.13. The van der Waals surface area contributed by atoms with Crippen LogP contribution in [0.5, 0.6) is 0 Å². The number of nitrogens with zero attached hydrogens (tertiary/aromatic N) is 4. The van der Waals surface area contributed by atoms with E-state index in [-0.39, 0.29) is 5.91 Å². The highest BCUT2D eigenvalue weighted by Gasteiger charge is 2.18. The van der Waals surface area contributed by atoms with Crippen LogP contribution >= 0.6 is 23.4 Å². The largest absolute Gasteiger partial charge is 0.322 e. The van der Waals surface area contributed by atoms with Gasteiger partial charge in [-0.2, -0.15) is 5.10 Å². The van der Waals surface area contributed by atoms with Gasteiger partial charge in [-0.15, -0.1) is 11.8 Å². The van der Waals surface area contributed by atoms with E-state index in [2.05, 4.69) is 20.4 Å². The average molecular weight is 486 g/mol. The van der Waals surface area contributed by atoms with Crippen molar-refractivity contribution in [2.75, 3.05) is 5.32 Å². The smallest absolute Gasteiger partial charge is 0.256 e. The summed E-state index contributed by atoms with van der Waals surface area (Å²) in [5, 5.41) is 9.15. The Kier molecular flexibility index (Phi) is 6.29. The summed E-state index contributed by atoms with van der Waals surface area (Å²) in [5.74, 6) is 0.397. The number of fused-ring (bicyclic) bond motifs is 1. The van der Waals surface area contributed by atoms with Crippen molar-refractivity contribution in [1.82, 2.24) is 19.7 Å². The van der Waals surface area contributed by atoms with Crippen LogP contribution in [0.4, 0.5) is 5.69 Å². The third kappa shape index (κ3) is 4.53. The molecular formula is C26H20ClN5OS. The van der Waals surface area contributed by atoms with E-state index in [9.17, 15) is 4.79 Å². The number of halogens is 1. The van der Waals surface area contributed by atoms with Crippen molar-refractivity contribution in [1.29, 1.82) is 0 Å². The molecule has 1 amide bonds. The molecule has 0 bridgehead atoms. The second-order valence-electron chi connectivity index (χ2n) is 7.63. The van der Waals surface area contributed by atoms with Crippen molar-refractivity contribution in [3.63, 3.8) is 0 Å². The van der Waals surface area contributed by atoms with E-state index in [0.717, 1.165) is 38.3 Å². The van der Waals surface area contributed by atoms with E-state index in [1.165, 1.54) is 0 Å². The predicted molar refractivity (Wildman–Crippen MR) is 137 cm³/mol. The van der Waals surface area contributed by atoms with Gasteiger partial charge in [-0.25, -0.2) is 0 Å². The molecule has 0 unspecified atom stereocenters. The lowest BCUT2D eigenvalue weighted by Gasteiger charge is -2.11. The zero-order valence-electron chi connectivity index (χ0n) is 18.3. The number of hydrogen-bond acceptors (Lipinski definition) is 5. The standard InChI is InChI=1S/C26H20ClN5OS/c1-32-25(27)21(24(31-32)17-10-13-28-14-11-17)16-34-23-7-3-2-6-20(23)26(33)30-19-8-9-22-18(15-19)5-4-12-29-22/h2-15H,16H2,1H3,(H,30,33). The number of nitrogens with one attached hydrogen (secondary N) is 1. The van der Waals surface area contributed by atoms with E-state index >= 15 is 0 Å². The number of thioether (sulfide) groups is 1. The number of aryl methyl sites for hydroxylation is 1. The van der Waals surface area contributed by atoms with Crippen LogP contribution in [0.25, 0.3) is 22.2 Å². The number of rotatable bonds is 6. The van der Waals surface area contributed by atoms with E-state index in [1.54, 1.807) is 35.0 Å². The minimum Gasteiger partial charge on any atom is -0.322 e. The van der Waals surface area contributed by atoms with E-state index in [1.807, 2.05) is 73.8 Å². The molecule has 168 valence electrons. The van der Waals surface area contributed by atoms with Crippen molar-refractivity contribution in [2.45, 2.75) is 10.6 Å². The summed E-state index contributed by atoms with van der Waals surface area (Å²) in [5.41, 5.74) is 4.89. The summed E-state index contributed by atoms with van der Waals surface area (Å²) in [6.45, 7) is 0. The summed E-state index contributed by atoms with van der Waals surface area (Å²) in [4.78, 5) is 22.4. The molecule has 0 atom stereocenters. The molecule has 34 heavy (non-hydrogen) atoms. The van der Waals surface area contributed by atoms with Gasteiger partial charge < -0.3 is 5.32 Å². The number of benzene rings is 2. The minimum atomic E-state index is -0.169. The fraction of sp³-hybridized carbons (Fsp3) is 0.0769. The first-order valence-corrected chi connectivity index (χ1v) is 12.0. The lowest BCUT2D eigenvalue weighted by molar-refractivity contribution is 0.102. The van der Waals surface area contributed by atoms with Gasteiger partial charge in [0.05, 0.1) is 16.8 Å². The van der Waals surface area contributed by atoms with Gasteiger partial charge in [0.2, 0.25) is 0 Å². The quantitative estimate of drug-likeness (QED) is 0.289. The fourth-order valence-corrected chi connectivity index (χ4v) is 5.04. The molecule has 0 saturated carbocycles. The van der Waals surface area contributed by atoms with Crippen LogP contribution in [-0.2, 0) is 12.8 Å². The molecule has 0 radical (unpaired) electrons. The number of aromatic nitrogens is 4. The first-order valence-electron chi connectivity index (χ1n) is 10.6. The lowest BCUT2D eigenvalue weighted by Crippen LogP contribution is -2.13. The Hall–Kier alpha value is -3.68. The van der Waals surface area contributed by atoms with Gasteiger partial charge in [-0.1, -0.05) is 29.8 Å². The Balaban J connectivity index is 1.38. The van der Waals surface area contributed by atoms with Crippen LogP contribution in [-0.4, -0.2) is 25.7 Å². The van der Waals surface area contributed by atoms with E-state index < -0.39 is 0 Å². The van der Waals surface area contributed by atoms with Crippen LogP contribution in [0.3, 0.4) is 0 Å².